The highest BCUT2D eigenvalue weighted by molar-refractivity contribution is 6.07. The number of fused-ring (bicyclic) bond motifs is 2. The molecule has 1 N–H and O–H groups in total. The molecule has 0 saturated heterocycles. The van der Waals surface area contributed by atoms with Crippen LogP contribution in [-0.2, 0) is 6.54 Å². The molecule has 0 bridgehead atoms. The average molecular weight is 345 g/mol. The number of pyridine rings is 1. The van der Waals surface area contributed by atoms with E-state index in [1.165, 1.54) is 5.56 Å². The summed E-state index contributed by atoms with van der Waals surface area (Å²) in [4.78, 5) is 21.8. The highest BCUT2D eigenvalue weighted by atomic mass is 16.1. The van der Waals surface area contributed by atoms with Gasteiger partial charge in [0.05, 0.1) is 17.3 Å². The Labute approximate surface area is 150 Å². The molecule has 6 heteroatoms. The maximum atomic E-state index is 12.9. The van der Waals surface area contributed by atoms with Crippen LogP contribution in [0.1, 0.15) is 32.7 Å². The van der Waals surface area contributed by atoms with Crippen molar-refractivity contribution < 1.29 is 4.79 Å². The van der Waals surface area contributed by atoms with Crippen LogP contribution in [0.15, 0.2) is 42.9 Å². The van der Waals surface area contributed by atoms with E-state index in [4.69, 9.17) is 0 Å². The van der Waals surface area contributed by atoms with Crippen molar-refractivity contribution >= 4 is 22.5 Å². The molecule has 26 heavy (non-hydrogen) atoms. The van der Waals surface area contributed by atoms with Crippen molar-refractivity contribution in [1.29, 1.82) is 0 Å². The Hall–Kier alpha value is -3.28. The average Bonchev–Trinajstić information content (AvgIpc) is 3.06. The normalized spacial score (nSPS) is 11.2. The first-order valence-electron chi connectivity index (χ1n) is 8.47. The van der Waals surface area contributed by atoms with Crippen LogP contribution in [0.5, 0.6) is 0 Å². The summed E-state index contributed by atoms with van der Waals surface area (Å²) in [6.07, 6.45) is 5.28. The molecule has 4 rings (SSSR count). The van der Waals surface area contributed by atoms with Gasteiger partial charge < -0.3 is 5.32 Å². The molecule has 3 heterocycles. The Morgan fingerprint density at radius 3 is 2.92 bits per heavy atom. The number of aryl methyl sites for hydroxylation is 3. The smallest absolute Gasteiger partial charge is 0.252 e. The Balaban J connectivity index is 1.67. The van der Waals surface area contributed by atoms with Crippen LogP contribution in [0, 0.1) is 20.8 Å². The topological polar surface area (TPSA) is 72.2 Å². The third-order valence-corrected chi connectivity index (χ3v) is 4.67. The lowest BCUT2D eigenvalue weighted by atomic mass is 10.0. The van der Waals surface area contributed by atoms with E-state index < -0.39 is 0 Å². The third kappa shape index (κ3) is 2.69. The molecule has 1 amide bonds. The molecule has 0 aliphatic rings. The lowest BCUT2D eigenvalue weighted by molar-refractivity contribution is 0.0952. The standard InChI is InChI=1S/C20H19N5O/c1-12-5-6-16-17(9-13(2)24-18(16)14(12)3)20(26)22-10-15-11-23-25-8-4-7-21-19(15)25/h4-9,11H,10H2,1-3H3,(H,22,26). The van der Waals surface area contributed by atoms with E-state index in [9.17, 15) is 4.79 Å². The summed E-state index contributed by atoms with van der Waals surface area (Å²) >= 11 is 0. The van der Waals surface area contributed by atoms with E-state index in [2.05, 4.69) is 27.3 Å². The zero-order valence-electron chi connectivity index (χ0n) is 14.9. The van der Waals surface area contributed by atoms with Crippen molar-refractivity contribution in [3.63, 3.8) is 0 Å². The van der Waals surface area contributed by atoms with E-state index in [1.54, 1.807) is 16.9 Å². The minimum absolute atomic E-state index is 0.126. The monoisotopic (exact) mass is 345 g/mol. The third-order valence-electron chi connectivity index (χ3n) is 4.67. The molecule has 0 saturated carbocycles. The Morgan fingerprint density at radius 2 is 2.08 bits per heavy atom. The summed E-state index contributed by atoms with van der Waals surface area (Å²) in [5.41, 5.74) is 6.24. The molecule has 0 spiro atoms. The molecule has 1 aromatic carbocycles. The second kappa shape index (κ2) is 6.22. The fourth-order valence-corrected chi connectivity index (χ4v) is 3.12. The predicted octanol–water partition coefficient (Wildman–Crippen LogP) is 3.13. The Bertz CT molecular complexity index is 1150. The largest absolute Gasteiger partial charge is 0.348 e. The second-order valence-electron chi connectivity index (χ2n) is 6.46. The minimum atomic E-state index is -0.126. The molecule has 0 radical (unpaired) electrons. The number of hydrogen-bond acceptors (Lipinski definition) is 4. The molecular weight excluding hydrogens is 326 g/mol. The van der Waals surface area contributed by atoms with Gasteiger partial charge in [0.1, 0.15) is 0 Å². The van der Waals surface area contributed by atoms with Crippen LogP contribution < -0.4 is 5.32 Å². The Morgan fingerprint density at radius 1 is 1.23 bits per heavy atom. The molecule has 6 nitrogen and oxygen atoms in total. The summed E-state index contributed by atoms with van der Waals surface area (Å²) in [5, 5.41) is 8.10. The van der Waals surface area contributed by atoms with E-state index in [0.29, 0.717) is 12.1 Å². The number of carbonyl (C=O) groups excluding carboxylic acids is 1. The number of carbonyl (C=O) groups is 1. The summed E-state index contributed by atoms with van der Waals surface area (Å²) in [7, 11) is 0. The molecule has 130 valence electrons. The number of benzene rings is 1. The van der Waals surface area contributed by atoms with Gasteiger partial charge in [0.2, 0.25) is 0 Å². The number of amides is 1. The van der Waals surface area contributed by atoms with Gasteiger partial charge in [-0.05, 0) is 44.0 Å². The SMILES string of the molecule is Cc1cc(C(=O)NCc2cnn3cccnc23)c2ccc(C)c(C)c2n1. The van der Waals surface area contributed by atoms with E-state index in [1.807, 2.05) is 44.3 Å². The number of nitrogens with one attached hydrogen (secondary N) is 1. The number of nitrogens with zero attached hydrogens (tertiary/aromatic N) is 4. The van der Waals surface area contributed by atoms with Crippen molar-refractivity contribution in [2.45, 2.75) is 27.3 Å². The fourth-order valence-electron chi connectivity index (χ4n) is 3.12. The molecule has 0 fully saturated rings. The number of aromatic nitrogens is 4. The van der Waals surface area contributed by atoms with Gasteiger partial charge in [-0.25, -0.2) is 9.50 Å². The van der Waals surface area contributed by atoms with Gasteiger partial charge in [-0.3, -0.25) is 9.78 Å². The summed E-state index contributed by atoms with van der Waals surface area (Å²) < 4.78 is 1.69. The lowest BCUT2D eigenvalue weighted by Gasteiger charge is -2.11. The molecule has 0 unspecified atom stereocenters. The predicted molar refractivity (Wildman–Crippen MR) is 100 cm³/mol. The van der Waals surface area contributed by atoms with Gasteiger partial charge in [0.15, 0.2) is 5.65 Å². The summed E-state index contributed by atoms with van der Waals surface area (Å²) in [5.74, 6) is -0.126. The zero-order chi connectivity index (χ0) is 18.3. The van der Waals surface area contributed by atoms with Gasteiger partial charge in [-0.15, -0.1) is 0 Å². The summed E-state index contributed by atoms with van der Waals surface area (Å²) in [6.45, 7) is 6.37. The first kappa shape index (κ1) is 16.2. The highest BCUT2D eigenvalue weighted by Crippen LogP contribution is 2.24. The molecule has 3 aromatic heterocycles. The van der Waals surface area contributed by atoms with Crippen LogP contribution in [-0.4, -0.2) is 25.5 Å². The fraction of sp³-hybridized carbons (Fsp3) is 0.200. The van der Waals surface area contributed by atoms with Gasteiger partial charge >= 0.3 is 0 Å². The second-order valence-corrected chi connectivity index (χ2v) is 6.46. The van der Waals surface area contributed by atoms with Crippen LogP contribution in [0.4, 0.5) is 0 Å². The zero-order valence-corrected chi connectivity index (χ0v) is 14.9. The van der Waals surface area contributed by atoms with Crippen LogP contribution in [0.25, 0.3) is 16.6 Å². The van der Waals surface area contributed by atoms with Gasteiger partial charge in [-0.1, -0.05) is 12.1 Å². The van der Waals surface area contributed by atoms with Gasteiger partial charge in [-0.2, -0.15) is 5.10 Å². The van der Waals surface area contributed by atoms with E-state index >= 15 is 0 Å². The first-order chi connectivity index (χ1) is 12.5. The molecular formula is C20H19N5O. The Kier molecular flexibility index (Phi) is 3.88. The van der Waals surface area contributed by atoms with Gasteiger partial charge in [0, 0.05) is 35.6 Å². The van der Waals surface area contributed by atoms with Crippen molar-refractivity contribution in [3.8, 4) is 0 Å². The van der Waals surface area contributed by atoms with Crippen molar-refractivity contribution in [2.24, 2.45) is 0 Å². The van der Waals surface area contributed by atoms with E-state index in [-0.39, 0.29) is 5.91 Å². The van der Waals surface area contributed by atoms with E-state index in [0.717, 1.165) is 33.4 Å². The first-order valence-corrected chi connectivity index (χ1v) is 8.47. The molecule has 0 atom stereocenters. The van der Waals surface area contributed by atoms with Crippen LogP contribution in [0.2, 0.25) is 0 Å². The number of hydrogen-bond donors (Lipinski definition) is 1. The van der Waals surface area contributed by atoms with Crippen molar-refractivity contribution in [2.75, 3.05) is 0 Å². The van der Waals surface area contributed by atoms with Gasteiger partial charge in [0.25, 0.3) is 5.91 Å². The number of rotatable bonds is 3. The highest BCUT2D eigenvalue weighted by Gasteiger charge is 2.15. The lowest BCUT2D eigenvalue weighted by Crippen LogP contribution is -2.23. The maximum absolute atomic E-state index is 12.9. The molecule has 0 aliphatic carbocycles. The van der Waals surface area contributed by atoms with Crippen molar-refractivity contribution in [1.82, 2.24) is 24.9 Å². The van der Waals surface area contributed by atoms with Crippen LogP contribution >= 0.6 is 0 Å². The summed E-state index contributed by atoms with van der Waals surface area (Å²) in [6, 6.07) is 7.65. The quantitative estimate of drug-likeness (QED) is 0.619. The van der Waals surface area contributed by atoms with Crippen LogP contribution in [0.3, 0.4) is 0 Å². The molecule has 4 aromatic rings. The minimum Gasteiger partial charge on any atom is -0.348 e. The molecule has 0 aliphatic heterocycles. The van der Waals surface area contributed by atoms with Crippen molar-refractivity contribution in [3.05, 3.63) is 70.8 Å². The maximum Gasteiger partial charge on any atom is 0.252 e.